The summed E-state index contributed by atoms with van der Waals surface area (Å²) in [7, 11) is 0. The lowest BCUT2D eigenvalue weighted by Crippen LogP contribution is -2.26. The van der Waals surface area contributed by atoms with E-state index in [1.165, 1.54) is 23.0 Å². The number of carbonyl (C=O) groups is 1. The molecule has 2 N–H and O–H groups in total. The van der Waals surface area contributed by atoms with Gasteiger partial charge >= 0.3 is 0 Å². The lowest BCUT2D eigenvalue weighted by atomic mass is 9.89. The summed E-state index contributed by atoms with van der Waals surface area (Å²) in [4.78, 5) is 22.3. The van der Waals surface area contributed by atoms with Gasteiger partial charge in [0, 0.05) is 31.5 Å². The van der Waals surface area contributed by atoms with Crippen LogP contribution in [0.4, 0.5) is 5.69 Å². The first-order chi connectivity index (χ1) is 11.8. The Morgan fingerprint density at radius 3 is 2.64 bits per heavy atom. The summed E-state index contributed by atoms with van der Waals surface area (Å²) in [5.74, 6) is -0.227. The third-order valence-corrected chi connectivity index (χ3v) is 3.91. The van der Waals surface area contributed by atoms with Crippen LogP contribution in [-0.2, 0) is 0 Å². The second kappa shape index (κ2) is 7.89. The minimum absolute atomic E-state index is 0.000300. The van der Waals surface area contributed by atoms with Gasteiger partial charge in [0.15, 0.2) is 0 Å². The molecule has 1 heterocycles. The molecule has 2 aromatic rings. The number of aromatic nitrogens is 2. The van der Waals surface area contributed by atoms with Crippen molar-refractivity contribution in [2.45, 2.75) is 26.7 Å². The van der Waals surface area contributed by atoms with Crippen molar-refractivity contribution in [3.05, 3.63) is 52.3 Å². The predicted octanol–water partition coefficient (Wildman–Crippen LogP) is 2.31. The first-order valence-electron chi connectivity index (χ1n) is 8.01. The molecule has 0 atom stereocenters. The monoisotopic (exact) mass is 346 g/mol. The molecular weight excluding hydrogens is 324 g/mol. The van der Waals surface area contributed by atoms with Gasteiger partial charge in [0.2, 0.25) is 0 Å². The second-order valence-electron chi connectivity index (χ2n) is 6.63. The molecule has 0 unspecified atom stereocenters. The topological polar surface area (TPSA) is 110 Å². The normalized spacial score (nSPS) is 11.3. The molecule has 0 aliphatic rings. The number of nitrogens with one attached hydrogen (secondary N) is 1. The van der Waals surface area contributed by atoms with Gasteiger partial charge in [0.1, 0.15) is 0 Å². The molecule has 134 valence electrons. The summed E-state index contributed by atoms with van der Waals surface area (Å²) in [6.45, 7) is 4.58. The highest BCUT2D eigenvalue weighted by Gasteiger charge is 2.16. The number of non-ortho nitro benzene ring substituents is 1. The number of hydrogen-bond donors (Lipinski definition) is 2. The van der Waals surface area contributed by atoms with Crippen molar-refractivity contribution in [3.8, 4) is 5.69 Å². The Labute approximate surface area is 145 Å². The fourth-order valence-electron chi connectivity index (χ4n) is 2.26. The molecule has 1 aromatic heterocycles. The molecular formula is C17H22N4O4. The van der Waals surface area contributed by atoms with E-state index in [0.717, 1.165) is 12.8 Å². The van der Waals surface area contributed by atoms with Gasteiger partial charge in [-0.3, -0.25) is 14.9 Å². The van der Waals surface area contributed by atoms with Crippen molar-refractivity contribution in [1.82, 2.24) is 15.1 Å². The zero-order chi connectivity index (χ0) is 18.4. The number of hydrogen-bond acceptors (Lipinski definition) is 5. The predicted molar refractivity (Wildman–Crippen MR) is 92.7 cm³/mol. The summed E-state index contributed by atoms with van der Waals surface area (Å²) < 4.78 is 1.49. The first kappa shape index (κ1) is 18.6. The van der Waals surface area contributed by atoms with E-state index in [2.05, 4.69) is 10.4 Å². The quantitative estimate of drug-likeness (QED) is 0.433. The van der Waals surface area contributed by atoms with Crippen LogP contribution < -0.4 is 5.32 Å². The van der Waals surface area contributed by atoms with Crippen molar-refractivity contribution in [2.24, 2.45) is 5.41 Å². The summed E-state index contributed by atoms with van der Waals surface area (Å²) in [6, 6.07) is 5.92. The summed E-state index contributed by atoms with van der Waals surface area (Å²) in [6.07, 6.45) is 4.62. The van der Waals surface area contributed by atoms with Crippen LogP contribution in [0.25, 0.3) is 5.69 Å². The smallest absolute Gasteiger partial charge is 0.269 e. The van der Waals surface area contributed by atoms with Gasteiger partial charge in [0.25, 0.3) is 11.6 Å². The zero-order valence-electron chi connectivity index (χ0n) is 14.3. The molecule has 8 nitrogen and oxygen atoms in total. The number of nitro benzene ring substituents is 1. The number of nitrogens with zero attached hydrogens (tertiary/aromatic N) is 3. The number of nitro groups is 1. The molecule has 0 bridgehead atoms. The zero-order valence-corrected chi connectivity index (χ0v) is 14.3. The van der Waals surface area contributed by atoms with Crippen LogP contribution in [0.15, 0.2) is 36.7 Å². The molecule has 8 heteroatoms. The van der Waals surface area contributed by atoms with Crippen molar-refractivity contribution in [1.29, 1.82) is 0 Å². The summed E-state index contributed by atoms with van der Waals surface area (Å²) in [5.41, 5.74) is 0.903. The molecule has 25 heavy (non-hydrogen) atoms. The van der Waals surface area contributed by atoms with E-state index >= 15 is 0 Å². The van der Waals surface area contributed by atoms with Crippen molar-refractivity contribution >= 4 is 11.6 Å². The van der Waals surface area contributed by atoms with E-state index in [1.54, 1.807) is 18.3 Å². The standard InChI is InChI=1S/C17H22N4O4/c1-17(2,12-22)8-3-9-18-16(23)13-10-19-20(11-13)14-4-6-15(7-5-14)21(24)25/h4-7,10-11,22H,3,8-9,12H2,1-2H3,(H,18,23). The van der Waals surface area contributed by atoms with E-state index in [9.17, 15) is 20.0 Å². The molecule has 0 fully saturated rings. The van der Waals surface area contributed by atoms with Crippen molar-refractivity contribution in [2.75, 3.05) is 13.2 Å². The van der Waals surface area contributed by atoms with Gasteiger partial charge in [0.05, 0.1) is 22.4 Å². The largest absolute Gasteiger partial charge is 0.396 e. The fourth-order valence-corrected chi connectivity index (χ4v) is 2.26. The average molecular weight is 346 g/mol. The number of benzene rings is 1. The summed E-state index contributed by atoms with van der Waals surface area (Å²) in [5, 5.41) is 26.8. The lowest BCUT2D eigenvalue weighted by molar-refractivity contribution is -0.384. The van der Waals surface area contributed by atoms with Crippen LogP contribution in [-0.4, -0.2) is 38.9 Å². The number of amides is 1. The third kappa shape index (κ3) is 5.12. The highest BCUT2D eigenvalue weighted by Crippen LogP contribution is 2.20. The highest BCUT2D eigenvalue weighted by atomic mass is 16.6. The molecule has 2 rings (SSSR count). The molecule has 0 aliphatic heterocycles. The molecule has 1 aromatic carbocycles. The minimum atomic E-state index is -0.468. The van der Waals surface area contributed by atoms with Crippen LogP contribution in [0.3, 0.4) is 0 Å². The van der Waals surface area contributed by atoms with E-state index < -0.39 is 4.92 Å². The lowest BCUT2D eigenvalue weighted by Gasteiger charge is -2.21. The Balaban J connectivity index is 1.91. The highest BCUT2D eigenvalue weighted by molar-refractivity contribution is 5.93. The van der Waals surface area contributed by atoms with Crippen molar-refractivity contribution < 1.29 is 14.8 Å². The Hall–Kier alpha value is -2.74. The maximum atomic E-state index is 12.1. The number of aliphatic hydroxyl groups excluding tert-OH is 1. The van der Waals surface area contributed by atoms with E-state index in [0.29, 0.717) is 17.8 Å². The molecule has 0 spiro atoms. The molecule has 1 amide bonds. The van der Waals surface area contributed by atoms with Crippen LogP contribution in [0.1, 0.15) is 37.0 Å². The number of rotatable bonds is 8. The molecule has 0 radical (unpaired) electrons. The molecule has 0 saturated carbocycles. The Bertz CT molecular complexity index is 737. The van der Waals surface area contributed by atoms with Gasteiger partial charge < -0.3 is 10.4 Å². The summed E-state index contributed by atoms with van der Waals surface area (Å²) >= 11 is 0. The maximum Gasteiger partial charge on any atom is 0.269 e. The van der Waals surface area contributed by atoms with E-state index in [1.807, 2.05) is 13.8 Å². The number of carbonyl (C=O) groups excluding carboxylic acids is 1. The fraction of sp³-hybridized carbons (Fsp3) is 0.412. The van der Waals surface area contributed by atoms with E-state index in [-0.39, 0.29) is 23.6 Å². The van der Waals surface area contributed by atoms with Gasteiger partial charge in [-0.15, -0.1) is 0 Å². The first-order valence-corrected chi connectivity index (χ1v) is 8.01. The van der Waals surface area contributed by atoms with Crippen LogP contribution in [0, 0.1) is 15.5 Å². The average Bonchev–Trinajstić information content (AvgIpc) is 3.09. The third-order valence-electron chi connectivity index (χ3n) is 3.91. The SMILES string of the molecule is CC(C)(CO)CCCNC(=O)c1cnn(-c2ccc([N+](=O)[O-])cc2)c1. The van der Waals surface area contributed by atoms with E-state index in [4.69, 9.17) is 0 Å². The van der Waals surface area contributed by atoms with Gasteiger partial charge in [-0.1, -0.05) is 13.8 Å². The van der Waals surface area contributed by atoms with Crippen molar-refractivity contribution in [3.63, 3.8) is 0 Å². The van der Waals surface area contributed by atoms with Gasteiger partial charge in [-0.2, -0.15) is 5.10 Å². The van der Waals surface area contributed by atoms with Gasteiger partial charge in [-0.05, 0) is 30.4 Å². The van der Waals surface area contributed by atoms with Gasteiger partial charge in [-0.25, -0.2) is 4.68 Å². The Morgan fingerprint density at radius 2 is 2.04 bits per heavy atom. The van der Waals surface area contributed by atoms with Crippen LogP contribution >= 0.6 is 0 Å². The Morgan fingerprint density at radius 1 is 1.36 bits per heavy atom. The molecule has 0 saturated heterocycles. The minimum Gasteiger partial charge on any atom is -0.396 e. The van der Waals surface area contributed by atoms with Crippen LogP contribution in [0.5, 0.6) is 0 Å². The maximum absolute atomic E-state index is 12.1. The second-order valence-corrected chi connectivity index (χ2v) is 6.63. The van der Waals surface area contributed by atoms with Crippen LogP contribution in [0.2, 0.25) is 0 Å². The number of aliphatic hydroxyl groups is 1. The Kier molecular flexibility index (Phi) is 5.87. The molecule has 0 aliphatic carbocycles.